The van der Waals surface area contributed by atoms with Gasteiger partial charge < -0.3 is 9.84 Å². The fraction of sp³-hybridized carbons (Fsp3) is 0.0417. The smallest absolute Gasteiger partial charge is 0.196 e. The molecule has 3 aromatic carbocycles. The van der Waals surface area contributed by atoms with Gasteiger partial charge in [-0.05, 0) is 60.2 Å². The third-order valence-corrected chi connectivity index (χ3v) is 4.88. The van der Waals surface area contributed by atoms with Crippen molar-refractivity contribution in [3.63, 3.8) is 0 Å². The zero-order chi connectivity index (χ0) is 21.1. The molecule has 30 heavy (non-hydrogen) atoms. The molecule has 0 amide bonds. The van der Waals surface area contributed by atoms with Crippen molar-refractivity contribution in [3.8, 4) is 28.4 Å². The monoisotopic (exact) mass is 420 g/mol. The first-order chi connectivity index (χ1) is 14.5. The average Bonchev–Trinajstić information content (AvgIpc) is 3.09. The van der Waals surface area contributed by atoms with Crippen LogP contribution in [0.3, 0.4) is 0 Å². The van der Waals surface area contributed by atoms with E-state index in [1.807, 2.05) is 36.4 Å². The van der Waals surface area contributed by atoms with Crippen molar-refractivity contribution in [1.29, 1.82) is 0 Å². The highest BCUT2D eigenvalue weighted by molar-refractivity contribution is 6.30. The van der Waals surface area contributed by atoms with Crippen LogP contribution in [0.15, 0.2) is 83.9 Å². The van der Waals surface area contributed by atoms with E-state index in [1.165, 1.54) is 12.1 Å². The van der Waals surface area contributed by atoms with E-state index in [-0.39, 0.29) is 11.7 Å². The van der Waals surface area contributed by atoms with Crippen molar-refractivity contribution in [2.45, 2.75) is 0 Å². The Bertz CT molecular complexity index is 1200. The highest BCUT2D eigenvalue weighted by atomic mass is 35.5. The second-order valence-electron chi connectivity index (χ2n) is 6.58. The Morgan fingerprint density at radius 1 is 1.00 bits per heavy atom. The molecule has 1 heterocycles. The Kier molecular flexibility index (Phi) is 5.55. The summed E-state index contributed by atoms with van der Waals surface area (Å²) in [6, 6.07) is 22.2. The van der Waals surface area contributed by atoms with Crippen LogP contribution in [0.25, 0.3) is 16.8 Å². The fourth-order valence-electron chi connectivity index (χ4n) is 3.19. The maximum absolute atomic E-state index is 13.4. The number of benzene rings is 3. The van der Waals surface area contributed by atoms with Gasteiger partial charge in [-0.25, -0.2) is 4.39 Å². The van der Waals surface area contributed by atoms with Crippen LogP contribution in [0.2, 0.25) is 5.02 Å². The summed E-state index contributed by atoms with van der Waals surface area (Å²) in [5.74, 6) is 0.414. The van der Waals surface area contributed by atoms with Gasteiger partial charge in [-0.15, -0.1) is 0 Å². The van der Waals surface area contributed by atoms with Crippen molar-refractivity contribution in [2.24, 2.45) is 4.99 Å². The lowest BCUT2D eigenvalue weighted by molar-refractivity contribution is 0.414. The van der Waals surface area contributed by atoms with E-state index < -0.39 is 0 Å². The first-order valence-corrected chi connectivity index (χ1v) is 9.57. The number of rotatable bonds is 5. The summed E-state index contributed by atoms with van der Waals surface area (Å²) in [4.78, 5) is 4.53. The molecule has 0 unspecified atom stereocenters. The van der Waals surface area contributed by atoms with E-state index >= 15 is 0 Å². The van der Waals surface area contributed by atoms with Gasteiger partial charge in [0.15, 0.2) is 5.88 Å². The molecule has 4 rings (SSSR count). The van der Waals surface area contributed by atoms with E-state index in [4.69, 9.17) is 16.3 Å². The van der Waals surface area contributed by atoms with Crippen molar-refractivity contribution in [1.82, 2.24) is 4.57 Å². The van der Waals surface area contributed by atoms with Gasteiger partial charge in [0.25, 0.3) is 0 Å². The number of hydrogen-bond acceptors (Lipinski definition) is 3. The fourth-order valence-corrected chi connectivity index (χ4v) is 3.38. The van der Waals surface area contributed by atoms with Crippen LogP contribution >= 0.6 is 11.6 Å². The van der Waals surface area contributed by atoms with Gasteiger partial charge in [-0.2, -0.15) is 0 Å². The third-order valence-electron chi connectivity index (χ3n) is 4.65. The molecule has 1 N–H and O–H groups in total. The summed E-state index contributed by atoms with van der Waals surface area (Å²) in [6.45, 7) is 0. The minimum Gasteiger partial charge on any atom is -0.497 e. The quantitative estimate of drug-likeness (QED) is 0.379. The number of nitrogens with zero attached hydrogens (tertiary/aromatic N) is 2. The Morgan fingerprint density at radius 2 is 1.73 bits per heavy atom. The number of aromatic nitrogens is 1. The Balaban J connectivity index is 1.87. The van der Waals surface area contributed by atoms with Gasteiger partial charge in [0.1, 0.15) is 11.6 Å². The van der Waals surface area contributed by atoms with Crippen LogP contribution in [0, 0.1) is 5.82 Å². The van der Waals surface area contributed by atoms with Gasteiger partial charge in [0, 0.05) is 22.3 Å². The summed E-state index contributed by atoms with van der Waals surface area (Å²) >= 11 is 6.06. The minimum atomic E-state index is -0.327. The number of hydrogen-bond donors (Lipinski definition) is 1. The summed E-state index contributed by atoms with van der Waals surface area (Å²) in [5.41, 5.74) is 3.52. The third kappa shape index (κ3) is 4.07. The van der Waals surface area contributed by atoms with Crippen LogP contribution in [-0.2, 0) is 0 Å². The lowest BCUT2D eigenvalue weighted by Gasteiger charge is -2.10. The molecule has 0 saturated heterocycles. The first-order valence-electron chi connectivity index (χ1n) is 9.20. The largest absolute Gasteiger partial charge is 0.497 e. The average molecular weight is 421 g/mol. The molecule has 150 valence electrons. The van der Waals surface area contributed by atoms with Crippen molar-refractivity contribution >= 4 is 23.5 Å². The predicted molar refractivity (Wildman–Crippen MR) is 118 cm³/mol. The van der Waals surface area contributed by atoms with Crippen LogP contribution in [0.1, 0.15) is 5.69 Å². The molecule has 4 nitrogen and oxygen atoms in total. The lowest BCUT2D eigenvalue weighted by Crippen LogP contribution is -2.00. The van der Waals surface area contributed by atoms with Gasteiger partial charge in [0.2, 0.25) is 0 Å². The number of aliphatic imine (C=N–C) groups is 1. The zero-order valence-corrected chi connectivity index (χ0v) is 16.8. The predicted octanol–water partition coefficient (Wildman–Crippen LogP) is 6.40. The maximum Gasteiger partial charge on any atom is 0.196 e. The molecule has 0 spiro atoms. The highest BCUT2D eigenvalue weighted by Crippen LogP contribution is 2.34. The van der Waals surface area contributed by atoms with Crippen molar-refractivity contribution in [2.75, 3.05) is 7.11 Å². The number of halogens is 2. The van der Waals surface area contributed by atoms with Gasteiger partial charge in [-0.1, -0.05) is 29.8 Å². The molecular weight excluding hydrogens is 403 g/mol. The second-order valence-corrected chi connectivity index (χ2v) is 7.02. The molecular formula is C24H18ClFN2O2. The Hall–Kier alpha value is -3.57. The zero-order valence-electron chi connectivity index (χ0n) is 16.1. The van der Waals surface area contributed by atoms with Crippen molar-refractivity contribution in [3.05, 3.63) is 95.4 Å². The van der Waals surface area contributed by atoms with E-state index in [9.17, 15) is 9.50 Å². The van der Waals surface area contributed by atoms with Gasteiger partial charge in [0.05, 0.1) is 24.7 Å². The molecule has 0 aliphatic rings. The van der Waals surface area contributed by atoms with Crippen LogP contribution in [0.4, 0.5) is 10.1 Å². The highest BCUT2D eigenvalue weighted by Gasteiger charge is 2.16. The second kappa shape index (κ2) is 8.43. The topological polar surface area (TPSA) is 46.8 Å². The summed E-state index contributed by atoms with van der Waals surface area (Å²) in [7, 11) is 1.60. The molecule has 0 aliphatic carbocycles. The van der Waals surface area contributed by atoms with Crippen LogP contribution < -0.4 is 4.74 Å². The summed E-state index contributed by atoms with van der Waals surface area (Å²) < 4.78 is 20.3. The summed E-state index contributed by atoms with van der Waals surface area (Å²) in [5, 5.41) is 11.3. The summed E-state index contributed by atoms with van der Waals surface area (Å²) in [6.07, 6.45) is 1.66. The van der Waals surface area contributed by atoms with Gasteiger partial charge >= 0.3 is 0 Å². The van der Waals surface area contributed by atoms with Crippen LogP contribution in [-0.4, -0.2) is 23.0 Å². The molecule has 0 bridgehead atoms. The maximum atomic E-state index is 13.4. The molecule has 0 saturated carbocycles. The minimum absolute atomic E-state index is 0.0343. The molecule has 4 aromatic rings. The number of methoxy groups -OCH3 is 1. The lowest BCUT2D eigenvalue weighted by atomic mass is 10.1. The van der Waals surface area contributed by atoms with Crippen molar-refractivity contribution < 1.29 is 14.2 Å². The van der Waals surface area contributed by atoms with E-state index in [2.05, 4.69) is 4.99 Å². The van der Waals surface area contributed by atoms with Gasteiger partial charge in [-0.3, -0.25) is 9.56 Å². The standard InChI is InChI=1S/C24H18ClFN2O2/c1-30-21-11-9-20(10-12-21)28-23(15-27-19-4-2-3-17(25)13-19)22(14-24(28)29)16-5-7-18(26)8-6-16/h2-15,29H,1H3. The molecule has 1 aromatic heterocycles. The van der Waals surface area contributed by atoms with E-state index in [0.29, 0.717) is 27.7 Å². The Labute approximate surface area is 178 Å². The normalized spacial score (nSPS) is 11.2. The molecule has 6 heteroatoms. The molecule has 0 fully saturated rings. The van der Waals surface area contributed by atoms with E-state index in [0.717, 1.165) is 11.3 Å². The van der Waals surface area contributed by atoms with Crippen LogP contribution in [0.5, 0.6) is 11.6 Å². The molecule has 0 aliphatic heterocycles. The molecule has 0 atom stereocenters. The number of ether oxygens (including phenoxy) is 1. The number of aromatic hydroxyl groups is 1. The van der Waals surface area contributed by atoms with E-state index in [1.54, 1.807) is 48.2 Å². The first kappa shape index (κ1) is 19.7. The Morgan fingerprint density at radius 3 is 2.40 bits per heavy atom. The SMILES string of the molecule is COc1ccc(-n2c(O)cc(-c3ccc(F)cc3)c2C=Nc2cccc(Cl)c2)cc1. The molecule has 0 radical (unpaired) electrons.